The van der Waals surface area contributed by atoms with Gasteiger partial charge in [-0.2, -0.15) is 5.26 Å². The molecule has 0 aromatic heterocycles. The molecule has 0 fully saturated rings. The van der Waals surface area contributed by atoms with E-state index >= 15 is 0 Å². The highest BCUT2D eigenvalue weighted by molar-refractivity contribution is 5.70. The predicted molar refractivity (Wildman–Crippen MR) is 77.6 cm³/mol. The lowest BCUT2D eigenvalue weighted by atomic mass is 9.99. The van der Waals surface area contributed by atoms with Crippen LogP contribution in [0.15, 0.2) is 24.3 Å². The highest BCUT2D eigenvalue weighted by Crippen LogP contribution is 2.13. The second-order valence-electron chi connectivity index (χ2n) is 5.89. The Balaban J connectivity index is 2.83. The smallest absolute Gasteiger partial charge is 0.407 e. The number of benzene rings is 1. The number of alkyl carbamates (subject to hydrolysis) is 1. The number of nitrogens with zero attached hydrogens (tertiary/aromatic N) is 1. The summed E-state index contributed by atoms with van der Waals surface area (Å²) in [6.07, 6.45) is -0.858. The largest absolute Gasteiger partial charge is 0.550 e. The number of nitrogens with one attached hydrogen (secondary N) is 1. The normalized spacial score (nSPS) is 12.1. The molecule has 0 radical (unpaired) electrons. The molecule has 1 aromatic carbocycles. The van der Waals surface area contributed by atoms with Crippen LogP contribution in [-0.2, 0) is 16.0 Å². The van der Waals surface area contributed by atoms with E-state index in [2.05, 4.69) is 5.32 Å². The molecule has 0 aliphatic heterocycles. The molecule has 0 saturated carbocycles. The Morgan fingerprint density at radius 1 is 1.36 bits per heavy atom. The van der Waals surface area contributed by atoms with Crippen LogP contribution in [-0.4, -0.2) is 23.7 Å². The first-order valence-electron chi connectivity index (χ1n) is 6.88. The summed E-state index contributed by atoms with van der Waals surface area (Å²) in [5, 5.41) is 22.4. The zero-order valence-corrected chi connectivity index (χ0v) is 12.9. The summed E-state index contributed by atoms with van der Waals surface area (Å²) < 4.78 is 5.12. The van der Waals surface area contributed by atoms with E-state index in [0.29, 0.717) is 11.1 Å². The van der Waals surface area contributed by atoms with Crippen molar-refractivity contribution in [3.63, 3.8) is 0 Å². The van der Waals surface area contributed by atoms with E-state index in [9.17, 15) is 14.7 Å². The first kappa shape index (κ1) is 17.5. The number of hydrogen-bond donors (Lipinski definition) is 1. The summed E-state index contributed by atoms with van der Waals surface area (Å²) >= 11 is 0. The van der Waals surface area contributed by atoms with Crippen molar-refractivity contribution in [2.45, 2.75) is 45.3 Å². The van der Waals surface area contributed by atoms with Crippen LogP contribution in [0.1, 0.15) is 38.3 Å². The van der Waals surface area contributed by atoms with Crippen molar-refractivity contribution in [2.75, 3.05) is 0 Å². The molecule has 22 heavy (non-hydrogen) atoms. The van der Waals surface area contributed by atoms with Gasteiger partial charge in [0, 0.05) is 18.4 Å². The van der Waals surface area contributed by atoms with Gasteiger partial charge in [-0.1, -0.05) is 18.2 Å². The minimum absolute atomic E-state index is 0.205. The highest BCUT2D eigenvalue weighted by atomic mass is 16.6. The number of amides is 1. The average molecular weight is 303 g/mol. The number of carbonyl (C=O) groups excluding carboxylic acids is 2. The second kappa shape index (κ2) is 7.46. The molecule has 1 N–H and O–H groups in total. The number of nitriles is 1. The van der Waals surface area contributed by atoms with Gasteiger partial charge >= 0.3 is 6.09 Å². The van der Waals surface area contributed by atoms with Crippen LogP contribution >= 0.6 is 0 Å². The lowest BCUT2D eigenvalue weighted by molar-refractivity contribution is -0.306. The van der Waals surface area contributed by atoms with E-state index in [4.69, 9.17) is 10.00 Å². The summed E-state index contributed by atoms with van der Waals surface area (Å²) in [5.41, 5.74) is 0.421. The SMILES string of the molecule is CC(C)(C)OC(=O)N[C@@H](CC(=O)[O-])Cc1ccccc1C#N. The van der Waals surface area contributed by atoms with E-state index in [1.807, 2.05) is 6.07 Å². The van der Waals surface area contributed by atoms with Crippen LogP contribution < -0.4 is 10.4 Å². The Bertz CT molecular complexity index is 585. The Morgan fingerprint density at radius 3 is 2.55 bits per heavy atom. The minimum Gasteiger partial charge on any atom is -0.550 e. The number of carboxylic acid groups (broad SMARTS) is 1. The zero-order chi connectivity index (χ0) is 16.8. The molecule has 0 heterocycles. The van der Waals surface area contributed by atoms with Crippen molar-refractivity contribution in [3.05, 3.63) is 35.4 Å². The molecule has 0 unspecified atom stereocenters. The second-order valence-corrected chi connectivity index (χ2v) is 5.89. The van der Waals surface area contributed by atoms with Gasteiger partial charge in [-0.25, -0.2) is 4.79 Å². The van der Waals surface area contributed by atoms with E-state index < -0.39 is 23.7 Å². The first-order chi connectivity index (χ1) is 10.2. The van der Waals surface area contributed by atoms with Crippen LogP contribution in [0.2, 0.25) is 0 Å². The molecule has 1 amide bonds. The lowest BCUT2D eigenvalue weighted by Gasteiger charge is -2.24. The first-order valence-corrected chi connectivity index (χ1v) is 6.88. The molecule has 1 rings (SSSR count). The van der Waals surface area contributed by atoms with Crippen LogP contribution in [0.5, 0.6) is 0 Å². The molecule has 0 saturated heterocycles. The Morgan fingerprint density at radius 2 is 2.00 bits per heavy atom. The molecule has 1 aromatic rings. The third-order valence-electron chi connectivity index (χ3n) is 2.74. The number of ether oxygens (including phenoxy) is 1. The van der Waals surface area contributed by atoms with E-state index in [0.717, 1.165) is 0 Å². The number of hydrogen-bond acceptors (Lipinski definition) is 5. The van der Waals surface area contributed by atoms with Gasteiger partial charge in [-0.3, -0.25) is 0 Å². The molecule has 0 bridgehead atoms. The average Bonchev–Trinajstić information content (AvgIpc) is 2.36. The molecule has 0 aliphatic carbocycles. The Labute approximate surface area is 129 Å². The van der Waals surface area contributed by atoms with Crippen molar-refractivity contribution in [3.8, 4) is 6.07 Å². The topological polar surface area (TPSA) is 102 Å². The monoisotopic (exact) mass is 303 g/mol. The van der Waals surface area contributed by atoms with Gasteiger partial charge < -0.3 is 20.0 Å². The van der Waals surface area contributed by atoms with Gasteiger partial charge in [0.1, 0.15) is 5.60 Å². The fourth-order valence-corrected chi connectivity index (χ4v) is 1.92. The van der Waals surface area contributed by atoms with Gasteiger partial charge in [-0.15, -0.1) is 0 Å². The maximum absolute atomic E-state index is 11.8. The van der Waals surface area contributed by atoms with E-state index in [1.54, 1.807) is 45.0 Å². The van der Waals surface area contributed by atoms with Crippen molar-refractivity contribution in [1.82, 2.24) is 5.32 Å². The van der Waals surface area contributed by atoms with Crippen LogP contribution in [0.3, 0.4) is 0 Å². The maximum Gasteiger partial charge on any atom is 0.407 e. The van der Waals surface area contributed by atoms with Gasteiger partial charge in [0.25, 0.3) is 0 Å². The molecule has 118 valence electrons. The summed E-state index contributed by atoms with van der Waals surface area (Å²) in [5.74, 6) is -1.28. The van der Waals surface area contributed by atoms with Crippen molar-refractivity contribution in [1.29, 1.82) is 5.26 Å². The molecular weight excluding hydrogens is 284 g/mol. The molecule has 6 nitrogen and oxygen atoms in total. The van der Waals surface area contributed by atoms with Gasteiger partial charge in [0.2, 0.25) is 0 Å². The number of carboxylic acids is 1. The minimum atomic E-state index is -1.28. The zero-order valence-electron chi connectivity index (χ0n) is 12.9. The molecule has 6 heteroatoms. The van der Waals surface area contributed by atoms with Crippen molar-refractivity contribution >= 4 is 12.1 Å². The van der Waals surface area contributed by atoms with Gasteiger partial charge in [0.05, 0.1) is 11.6 Å². The third-order valence-corrected chi connectivity index (χ3v) is 2.74. The third kappa shape index (κ3) is 6.27. The van der Waals surface area contributed by atoms with E-state index in [-0.39, 0.29) is 12.8 Å². The van der Waals surface area contributed by atoms with Crippen molar-refractivity contribution in [2.24, 2.45) is 0 Å². The maximum atomic E-state index is 11.8. The van der Waals surface area contributed by atoms with Gasteiger partial charge in [-0.05, 0) is 38.8 Å². The summed E-state index contributed by atoms with van der Waals surface area (Å²) in [7, 11) is 0. The van der Waals surface area contributed by atoms with E-state index in [1.165, 1.54) is 0 Å². The summed E-state index contributed by atoms with van der Waals surface area (Å²) in [6, 6.07) is 8.15. The van der Waals surface area contributed by atoms with Crippen LogP contribution in [0.25, 0.3) is 0 Å². The Kier molecular flexibility index (Phi) is 5.93. The van der Waals surface area contributed by atoms with Crippen molar-refractivity contribution < 1.29 is 19.4 Å². The standard InChI is InChI=1S/C16H20N2O4/c1-16(2,3)22-15(21)18-13(9-14(19)20)8-11-6-4-5-7-12(11)10-17/h4-7,13H,8-9H2,1-3H3,(H,18,21)(H,19,20)/p-1/t13-/m1/s1. The number of carbonyl (C=O) groups is 2. The Hall–Kier alpha value is -2.55. The molecular formula is C16H19N2O4-. The molecule has 0 spiro atoms. The fourth-order valence-electron chi connectivity index (χ4n) is 1.92. The van der Waals surface area contributed by atoms with Crippen LogP contribution in [0.4, 0.5) is 4.79 Å². The predicted octanol–water partition coefficient (Wildman–Crippen LogP) is 1.13. The number of aliphatic carboxylic acids is 1. The van der Waals surface area contributed by atoms with Crippen LogP contribution in [0, 0.1) is 11.3 Å². The quantitative estimate of drug-likeness (QED) is 0.878. The molecule has 0 aliphatic rings. The molecule has 1 atom stereocenters. The fraction of sp³-hybridized carbons (Fsp3) is 0.438. The lowest BCUT2D eigenvalue weighted by Crippen LogP contribution is -2.43. The summed E-state index contributed by atoms with van der Waals surface area (Å²) in [6.45, 7) is 5.14. The number of rotatable bonds is 5. The highest BCUT2D eigenvalue weighted by Gasteiger charge is 2.20. The van der Waals surface area contributed by atoms with Gasteiger partial charge in [0.15, 0.2) is 0 Å². The summed E-state index contributed by atoms with van der Waals surface area (Å²) in [4.78, 5) is 22.6.